The number of hydrogen-bond acceptors (Lipinski definition) is 2. The minimum Gasteiger partial charge on any atom is -0.378 e. The van der Waals surface area contributed by atoms with E-state index in [1.54, 1.807) is 13.2 Å². The van der Waals surface area contributed by atoms with Gasteiger partial charge in [-0.05, 0) is 12.1 Å². The van der Waals surface area contributed by atoms with Crippen LogP contribution in [0.3, 0.4) is 0 Å². The van der Waals surface area contributed by atoms with E-state index in [0.717, 1.165) is 24.3 Å². The van der Waals surface area contributed by atoms with Gasteiger partial charge >= 0.3 is 0 Å². The third-order valence-corrected chi connectivity index (χ3v) is 3.31. The van der Waals surface area contributed by atoms with Gasteiger partial charge in [0.25, 0.3) is 0 Å². The average molecular weight is 274 g/mol. The molecule has 0 atom stereocenters. The van der Waals surface area contributed by atoms with Crippen molar-refractivity contribution >= 4 is 21.6 Å². The second kappa shape index (κ2) is 4.49. The quantitative estimate of drug-likeness (QED) is 0.785. The van der Waals surface area contributed by atoms with Crippen molar-refractivity contribution in [2.24, 2.45) is 0 Å². The summed E-state index contributed by atoms with van der Waals surface area (Å²) < 4.78 is 18.7. The molecular formula is C11H13BrFNO. The van der Waals surface area contributed by atoms with E-state index in [1.807, 2.05) is 6.07 Å². The van der Waals surface area contributed by atoms with E-state index in [1.165, 1.54) is 6.07 Å². The van der Waals surface area contributed by atoms with Gasteiger partial charge in [0.2, 0.25) is 0 Å². The van der Waals surface area contributed by atoms with Gasteiger partial charge in [0.1, 0.15) is 5.82 Å². The molecule has 2 nitrogen and oxygen atoms in total. The zero-order valence-electron chi connectivity index (χ0n) is 8.54. The number of anilines is 1. The lowest BCUT2D eigenvalue weighted by Crippen LogP contribution is -2.52. The van der Waals surface area contributed by atoms with E-state index in [0.29, 0.717) is 5.33 Å². The number of hydrogen-bond donors (Lipinski definition) is 0. The van der Waals surface area contributed by atoms with Crippen molar-refractivity contribution in [3.8, 4) is 0 Å². The molecule has 0 amide bonds. The lowest BCUT2D eigenvalue weighted by Gasteiger charge is -2.40. The number of rotatable bonds is 3. The van der Waals surface area contributed by atoms with Crippen LogP contribution in [0.15, 0.2) is 18.2 Å². The molecule has 2 rings (SSSR count). The molecule has 1 aromatic carbocycles. The van der Waals surface area contributed by atoms with Gasteiger partial charge in [0.15, 0.2) is 0 Å². The second-order valence-corrected chi connectivity index (χ2v) is 4.19. The number of ether oxygens (including phenoxy) is 1. The summed E-state index contributed by atoms with van der Waals surface area (Å²) in [4.78, 5) is 2.13. The van der Waals surface area contributed by atoms with Gasteiger partial charge in [-0.2, -0.15) is 0 Å². The minimum absolute atomic E-state index is 0.148. The van der Waals surface area contributed by atoms with Crippen molar-refractivity contribution in [1.29, 1.82) is 0 Å². The van der Waals surface area contributed by atoms with Crippen LogP contribution >= 0.6 is 15.9 Å². The zero-order chi connectivity index (χ0) is 10.8. The molecular weight excluding hydrogens is 261 g/mol. The summed E-state index contributed by atoms with van der Waals surface area (Å²) in [5.41, 5.74) is 1.70. The molecule has 1 aliphatic heterocycles. The Bertz CT molecular complexity index is 352. The van der Waals surface area contributed by atoms with E-state index in [2.05, 4.69) is 20.8 Å². The molecule has 1 fully saturated rings. The Morgan fingerprint density at radius 1 is 1.53 bits per heavy atom. The number of methoxy groups -OCH3 is 1. The summed E-state index contributed by atoms with van der Waals surface area (Å²) in [6.45, 7) is 1.69. The Balaban J connectivity index is 2.18. The molecule has 1 heterocycles. The fraction of sp³-hybridized carbons (Fsp3) is 0.455. The molecule has 0 aromatic heterocycles. The molecule has 0 saturated carbocycles. The Morgan fingerprint density at radius 3 is 2.87 bits per heavy atom. The highest BCUT2D eigenvalue weighted by Crippen LogP contribution is 2.29. The SMILES string of the molecule is COC1CN(c2cccc(F)c2CBr)C1. The fourth-order valence-corrected chi connectivity index (χ4v) is 2.31. The summed E-state index contributed by atoms with van der Waals surface area (Å²) in [6.07, 6.45) is 0.288. The Kier molecular flexibility index (Phi) is 3.26. The van der Waals surface area contributed by atoms with Crippen molar-refractivity contribution in [3.05, 3.63) is 29.6 Å². The normalized spacial score (nSPS) is 16.6. The third-order valence-electron chi connectivity index (χ3n) is 2.75. The van der Waals surface area contributed by atoms with Crippen LogP contribution in [-0.4, -0.2) is 26.3 Å². The Labute approximate surface area is 97.2 Å². The fourth-order valence-electron chi connectivity index (χ4n) is 1.76. The van der Waals surface area contributed by atoms with Crippen molar-refractivity contribution in [1.82, 2.24) is 0 Å². The van der Waals surface area contributed by atoms with Crippen LogP contribution in [0.25, 0.3) is 0 Å². The number of alkyl halides is 1. The van der Waals surface area contributed by atoms with Gasteiger partial charge in [-0.3, -0.25) is 0 Å². The van der Waals surface area contributed by atoms with E-state index in [-0.39, 0.29) is 11.9 Å². The van der Waals surface area contributed by atoms with Gasteiger partial charge in [0, 0.05) is 36.8 Å². The molecule has 0 radical (unpaired) electrons. The van der Waals surface area contributed by atoms with Crippen LogP contribution in [0, 0.1) is 5.82 Å². The van der Waals surface area contributed by atoms with Crippen molar-refractivity contribution in [3.63, 3.8) is 0 Å². The molecule has 1 saturated heterocycles. The van der Waals surface area contributed by atoms with Crippen LogP contribution in [0.4, 0.5) is 10.1 Å². The zero-order valence-corrected chi connectivity index (χ0v) is 10.1. The largest absolute Gasteiger partial charge is 0.378 e. The number of nitrogens with zero attached hydrogens (tertiary/aromatic N) is 1. The van der Waals surface area contributed by atoms with Gasteiger partial charge < -0.3 is 9.64 Å². The molecule has 0 aliphatic carbocycles. The summed E-state index contributed by atoms with van der Waals surface area (Å²) in [6, 6.07) is 5.19. The first-order chi connectivity index (χ1) is 7.26. The average Bonchev–Trinajstić information content (AvgIpc) is 2.16. The van der Waals surface area contributed by atoms with Crippen molar-refractivity contribution in [2.45, 2.75) is 11.4 Å². The molecule has 0 unspecified atom stereocenters. The standard InChI is InChI=1S/C11H13BrFNO/c1-15-8-6-14(7-8)11-4-2-3-10(13)9(11)5-12/h2-4,8H,5-7H2,1H3. The third kappa shape index (κ3) is 2.01. The van der Waals surface area contributed by atoms with E-state index < -0.39 is 0 Å². The van der Waals surface area contributed by atoms with Crippen LogP contribution in [0.2, 0.25) is 0 Å². The van der Waals surface area contributed by atoms with Crippen LogP contribution in [0.1, 0.15) is 5.56 Å². The molecule has 15 heavy (non-hydrogen) atoms. The van der Waals surface area contributed by atoms with Gasteiger partial charge in [0.05, 0.1) is 6.10 Å². The molecule has 0 N–H and O–H groups in total. The Hall–Kier alpha value is -0.610. The maximum atomic E-state index is 13.5. The highest BCUT2D eigenvalue weighted by Gasteiger charge is 2.28. The van der Waals surface area contributed by atoms with E-state index in [4.69, 9.17) is 4.74 Å². The molecule has 0 bridgehead atoms. The number of halogens is 2. The summed E-state index contributed by atoms with van der Waals surface area (Å²) in [5.74, 6) is -0.148. The molecule has 0 spiro atoms. The molecule has 1 aromatic rings. The predicted molar refractivity (Wildman–Crippen MR) is 62.0 cm³/mol. The lowest BCUT2D eigenvalue weighted by molar-refractivity contribution is 0.0786. The summed E-state index contributed by atoms with van der Waals surface area (Å²) in [5, 5.41) is 0.545. The second-order valence-electron chi connectivity index (χ2n) is 3.63. The van der Waals surface area contributed by atoms with Gasteiger partial charge in [-0.1, -0.05) is 22.0 Å². The maximum Gasteiger partial charge on any atom is 0.129 e. The first-order valence-electron chi connectivity index (χ1n) is 4.87. The van der Waals surface area contributed by atoms with Crippen LogP contribution in [0.5, 0.6) is 0 Å². The Morgan fingerprint density at radius 2 is 2.27 bits per heavy atom. The summed E-state index contributed by atoms with van der Waals surface area (Å²) >= 11 is 3.32. The first kappa shape index (κ1) is 10.9. The minimum atomic E-state index is -0.148. The van der Waals surface area contributed by atoms with Gasteiger partial charge in [-0.25, -0.2) is 4.39 Å². The van der Waals surface area contributed by atoms with Crippen LogP contribution < -0.4 is 4.90 Å². The van der Waals surface area contributed by atoms with Crippen molar-refractivity contribution < 1.29 is 9.13 Å². The van der Waals surface area contributed by atoms with Crippen LogP contribution in [-0.2, 0) is 10.1 Å². The molecule has 82 valence electrons. The highest BCUT2D eigenvalue weighted by atomic mass is 79.9. The maximum absolute atomic E-state index is 13.5. The van der Waals surface area contributed by atoms with Gasteiger partial charge in [-0.15, -0.1) is 0 Å². The number of benzene rings is 1. The van der Waals surface area contributed by atoms with Crippen molar-refractivity contribution in [2.75, 3.05) is 25.1 Å². The monoisotopic (exact) mass is 273 g/mol. The first-order valence-corrected chi connectivity index (χ1v) is 5.99. The molecule has 4 heteroatoms. The van der Waals surface area contributed by atoms with E-state index in [9.17, 15) is 4.39 Å². The lowest BCUT2D eigenvalue weighted by atomic mass is 10.1. The topological polar surface area (TPSA) is 12.5 Å². The predicted octanol–water partition coefficient (Wildman–Crippen LogP) is 2.56. The molecule has 1 aliphatic rings. The highest BCUT2D eigenvalue weighted by molar-refractivity contribution is 9.08. The summed E-state index contributed by atoms with van der Waals surface area (Å²) in [7, 11) is 1.71. The smallest absolute Gasteiger partial charge is 0.129 e. The van der Waals surface area contributed by atoms with E-state index >= 15 is 0 Å².